The van der Waals surface area contributed by atoms with Gasteiger partial charge in [-0.2, -0.15) is 0 Å². The number of aliphatic carboxylic acids is 1. The van der Waals surface area contributed by atoms with E-state index in [1.54, 1.807) is 12.1 Å². The van der Waals surface area contributed by atoms with Crippen molar-refractivity contribution < 1.29 is 19.0 Å². The molecule has 0 bridgehead atoms. The van der Waals surface area contributed by atoms with Gasteiger partial charge in [0.15, 0.2) is 5.82 Å². The van der Waals surface area contributed by atoms with Crippen molar-refractivity contribution >= 4 is 41.6 Å². The fourth-order valence-corrected chi connectivity index (χ4v) is 3.36. The van der Waals surface area contributed by atoms with Crippen LogP contribution in [0.15, 0.2) is 54.7 Å². The SMILES string of the molecule is Cl.NC(CC(=O)O)Cc1c(Oc2ncc(Cl)cc2F)ccc(-c2ccccc2)c1Cl. The summed E-state index contributed by atoms with van der Waals surface area (Å²) >= 11 is 12.4. The Hall–Kier alpha value is -2.38. The van der Waals surface area contributed by atoms with E-state index in [1.165, 1.54) is 6.20 Å². The van der Waals surface area contributed by atoms with Gasteiger partial charge in [-0.15, -0.1) is 12.4 Å². The summed E-state index contributed by atoms with van der Waals surface area (Å²) in [6.07, 6.45) is 1.13. The number of pyridine rings is 1. The second-order valence-corrected chi connectivity index (χ2v) is 7.19. The highest BCUT2D eigenvalue weighted by molar-refractivity contribution is 6.34. The van der Waals surface area contributed by atoms with Gasteiger partial charge in [-0.05, 0) is 30.2 Å². The van der Waals surface area contributed by atoms with Gasteiger partial charge in [0.1, 0.15) is 5.75 Å². The molecule has 0 spiro atoms. The van der Waals surface area contributed by atoms with Crippen molar-refractivity contribution in [1.82, 2.24) is 4.98 Å². The number of carbonyl (C=O) groups is 1. The smallest absolute Gasteiger partial charge is 0.304 e. The molecule has 30 heavy (non-hydrogen) atoms. The topological polar surface area (TPSA) is 85.4 Å². The molecule has 3 rings (SSSR count). The summed E-state index contributed by atoms with van der Waals surface area (Å²) < 4.78 is 19.8. The van der Waals surface area contributed by atoms with E-state index in [0.29, 0.717) is 10.6 Å². The molecule has 158 valence electrons. The Morgan fingerprint density at radius 3 is 2.53 bits per heavy atom. The summed E-state index contributed by atoms with van der Waals surface area (Å²) in [5.41, 5.74) is 8.04. The highest BCUT2D eigenvalue weighted by atomic mass is 35.5. The molecule has 0 saturated carbocycles. The summed E-state index contributed by atoms with van der Waals surface area (Å²) in [4.78, 5) is 14.9. The van der Waals surface area contributed by atoms with Crippen LogP contribution in [0.25, 0.3) is 11.1 Å². The highest BCUT2D eigenvalue weighted by Crippen LogP contribution is 2.38. The predicted octanol–water partition coefficient (Wildman–Crippen LogP) is 5.75. The van der Waals surface area contributed by atoms with E-state index in [0.717, 1.165) is 17.2 Å². The van der Waals surface area contributed by atoms with Crippen molar-refractivity contribution in [3.8, 4) is 22.8 Å². The monoisotopic (exact) mass is 470 g/mol. The largest absolute Gasteiger partial charge is 0.481 e. The highest BCUT2D eigenvalue weighted by Gasteiger charge is 2.20. The number of hydrogen-bond donors (Lipinski definition) is 2. The van der Waals surface area contributed by atoms with E-state index in [1.807, 2.05) is 30.3 Å². The van der Waals surface area contributed by atoms with Crippen LogP contribution in [0, 0.1) is 5.82 Å². The number of ether oxygens (including phenoxy) is 1. The zero-order chi connectivity index (χ0) is 21.0. The minimum atomic E-state index is -1.03. The lowest BCUT2D eigenvalue weighted by Gasteiger charge is -2.18. The van der Waals surface area contributed by atoms with Gasteiger partial charge in [0.2, 0.25) is 0 Å². The fourth-order valence-electron chi connectivity index (χ4n) is 2.87. The number of halogens is 4. The van der Waals surface area contributed by atoms with Crippen LogP contribution in [0.4, 0.5) is 4.39 Å². The molecule has 1 heterocycles. The van der Waals surface area contributed by atoms with Crippen LogP contribution in [0.2, 0.25) is 10.0 Å². The van der Waals surface area contributed by atoms with E-state index in [-0.39, 0.29) is 41.9 Å². The van der Waals surface area contributed by atoms with Gasteiger partial charge in [-0.3, -0.25) is 4.79 Å². The Bertz CT molecular complexity index is 1040. The molecular weight excluding hydrogens is 454 g/mol. The zero-order valence-corrected chi connectivity index (χ0v) is 17.8. The molecule has 9 heteroatoms. The van der Waals surface area contributed by atoms with Gasteiger partial charge in [0.25, 0.3) is 5.88 Å². The molecule has 1 unspecified atom stereocenters. The fraction of sp³-hybridized carbons (Fsp3) is 0.143. The first-order valence-corrected chi connectivity index (χ1v) is 9.43. The standard InChI is InChI=1S/C21H17Cl2FN2O3.ClH/c22-13-8-17(24)21(26-11-13)29-18-7-6-15(12-4-2-1-3-5-12)20(23)16(18)9-14(25)10-19(27)28;/h1-8,11,14H,9-10,25H2,(H,27,28);1H. The lowest BCUT2D eigenvalue weighted by molar-refractivity contribution is -0.137. The number of carboxylic acids is 1. The van der Waals surface area contributed by atoms with Crippen LogP contribution in [0.5, 0.6) is 11.6 Å². The van der Waals surface area contributed by atoms with Crippen LogP contribution >= 0.6 is 35.6 Å². The summed E-state index contributed by atoms with van der Waals surface area (Å²) in [5, 5.41) is 9.50. The van der Waals surface area contributed by atoms with Crippen molar-refractivity contribution in [2.24, 2.45) is 5.73 Å². The first-order chi connectivity index (χ1) is 13.8. The number of benzene rings is 2. The van der Waals surface area contributed by atoms with E-state index < -0.39 is 17.8 Å². The van der Waals surface area contributed by atoms with Gasteiger partial charge in [0, 0.05) is 23.4 Å². The first kappa shape index (κ1) is 23.9. The van der Waals surface area contributed by atoms with Gasteiger partial charge >= 0.3 is 5.97 Å². The van der Waals surface area contributed by atoms with Gasteiger partial charge in [0.05, 0.1) is 16.5 Å². The van der Waals surface area contributed by atoms with E-state index in [9.17, 15) is 9.18 Å². The lowest BCUT2D eigenvalue weighted by Crippen LogP contribution is -2.26. The first-order valence-electron chi connectivity index (χ1n) is 8.68. The summed E-state index contributed by atoms with van der Waals surface area (Å²) in [5.74, 6) is -1.79. The summed E-state index contributed by atoms with van der Waals surface area (Å²) in [6, 6.07) is 13.2. The van der Waals surface area contributed by atoms with Gasteiger partial charge in [-0.25, -0.2) is 9.37 Å². The van der Waals surface area contributed by atoms with Crippen LogP contribution in [-0.2, 0) is 11.2 Å². The molecule has 0 aliphatic heterocycles. The van der Waals surface area contributed by atoms with Crippen molar-refractivity contribution in [2.75, 3.05) is 0 Å². The van der Waals surface area contributed by atoms with E-state index >= 15 is 0 Å². The number of nitrogens with zero attached hydrogens (tertiary/aromatic N) is 1. The summed E-state index contributed by atoms with van der Waals surface area (Å²) in [6.45, 7) is 0. The third kappa shape index (κ3) is 5.83. The van der Waals surface area contributed by atoms with Crippen LogP contribution in [-0.4, -0.2) is 22.1 Å². The molecule has 0 radical (unpaired) electrons. The second-order valence-electron chi connectivity index (χ2n) is 6.37. The average molecular weight is 472 g/mol. The van der Waals surface area contributed by atoms with Crippen LogP contribution in [0.3, 0.4) is 0 Å². The maximum atomic E-state index is 14.1. The Morgan fingerprint density at radius 2 is 1.90 bits per heavy atom. The zero-order valence-electron chi connectivity index (χ0n) is 15.5. The quantitative estimate of drug-likeness (QED) is 0.458. The molecule has 5 nitrogen and oxygen atoms in total. The third-order valence-corrected chi connectivity index (χ3v) is 4.81. The average Bonchev–Trinajstić information content (AvgIpc) is 2.67. The number of aromatic nitrogens is 1. The van der Waals surface area contributed by atoms with Crippen molar-refractivity contribution in [2.45, 2.75) is 18.9 Å². The number of carboxylic acid groups (broad SMARTS) is 1. The minimum Gasteiger partial charge on any atom is -0.481 e. The van der Waals surface area contributed by atoms with Crippen molar-refractivity contribution in [3.05, 3.63) is 76.2 Å². The Labute approximate surface area is 189 Å². The predicted molar refractivity (Wildman–Crippen MR) is 117 cm³/mol. The molecule has 0 aliphatic rings. The normalized spacial score (nSPS) is 11.5. The lowest BCUT2D eigenvalue weighted by atomic mass is 9.97. The Balaban J connectivity index is 0.00000320. The molecule has 0 fully saturated rings. The maximum absolute atomic E-state index is 14.1. The molecule has 0 saturated heterocycles. The number of rotatable bonds is 7. The third-order valence-electron chi connectivity index (χ3n) is 4.17. The second kappa shape index (κ2) is 10.6. The Kier molecular flexibility index (Phi) is 8.43. The Morgan fingerprint density at radius 1 is 1.20 bits per heavy atom. The van der Waals surface area contributed by atoms with Crippen molar-refractivity contribution in [3.63, 3.8) is 0 Å². The molecular formula is C21H18Cl3FN2O3. The maximum Gasteiger partial charge on any atom is 0.304 e. The summed E-state index contributed by atoms with van der Waals surface area (Å²) in [7, 11) is 0. The molecule has 1 aromatic heterocycles. The molecule has 0 amide bonds. The van der Waals surface area contributed by atoms with Crippen molar-refractivity contribution in [1.29, 1.82) is 0 Å². The molecule has 3 N–H and O–H groups in total. The van der Waals surface area contributed by atoms with Crippen LogP contribution in [0.1, 0.15) is 12.0 Å². The van der Waals surface area contributed by atoms with Gasteiger partial charge < -0.3 is 15.6 Å². The van der Waals surface area contributed by atoms with Gasteiger partial charge in [-0.1, -0.05) is 53.5 Å². The number of hydrogen-bond acceptors (Lipinski definition) is 4. The minimum absolute atomic E-state index is 0. The molecule has 0 aliphatic carbocycles. The van der Waals surface area contributed by atoms with Crippen LogP contribution < -0.4 is 10.5 Å². The molecule has 3 aromatic rings. The van der Waals surface area contributed by atoms with E-state index in [4.69, 9.17) is 38.8 Å². The molecule has 2 aromatic carbocycles. The molecule has 1 atom stereocenters. The number of nitrogens with two attached hydrogens (primary N) is 1. The van der Waals surface area contributed by atoms with E-state index in [2.05, 4.69) is 4.98 Å².